The van der Waals surface area contributed by atoms with E-state index in [9.17, 15) is 14.4 Å². The maximum absolute atomic E-state index is 12.7. The maximum Gasteiger partial charge on any atom is 0.341 e. The highest BCUT2D eigenvalue weighted by Gasteiger charge is 2.27. The number of benzene rings is 1. The predicted octanol–water partition coefficient (Wildman–Crippen LogP) is 4.73. The highest BCUT2D eigenvalue weighted by molar-refractivity contribution is 7.18. The molecular formula is C19H21ClN2O4S. The molecule has 2 amide bonds. The number of thiophene rings is 1. The minimum Gasteiger partial charge on any atom is -0.462 e. The van der Waals surface area contributed by atoms with E-state index in [2.05, 4.69) is 10.6 Å². The van der Waals surface area contributed by atoms with E-state index < -0.39 is 5.97 Å². The van der Waals surface area contributed by atoms with Crippen molar-refractivity contribution in [1.29, 1.82) is 0 Å². The Bertz CT molecular complexity index is 859. The van der Waals surface area contributed by atoms with Crippen molar-refractivity contribution in [1.82, 2.24) is 0 Å². The van der Waals surface area contributed by atoms with Crippen molar-refractivity contribution >= 4 is 51.4 Å². The molecule has 0 unspecified atom stereocenters. The molecule has 2 N–H and O–H groups in total. The van der Waals surface area contributed by atoms with Crippen molar-refractivity contribution in [3.8, 4) is 0 Å². The Balaban J connectivity index is 2.37. The van der Waals surface area contributed by atoms with Crippen LogP contribution in [0.25, 0.3) is 0 Å². The third kappa shape index (κ3) is 5.08. The van der Waals surface area contributed by atoms with E-state index in [1.165, 1.54) is 0 Å². The van der Waals surface area contributed by atoms with E-state index in [0.717, 1.165) is 11.3 Å². The number of carbonyl (C=O) groups is 3. The molecule has 1 heterocycles. The fraction of sp³-hybridized carbons (Fsp3) is 0.316. The van der Waals surface area contributed by atoms with Gasteiger partial charge >= 0.3 is 5.97 Å². The number of halogens is 1. The van der Waals surface area contributed by atoms with Crippen LogP contribution < -0.4 is 10.6 Å². The second-order valence-corrected chi connectivity index (χ2v) is 7.54. The van der Waals surface area contributed by atoms with Crippen LogP contribution in [0.5, 0.6) is 0 Å². The first-order chi connectivity index (χ1) is 12.7. The van der Waals surface area contributed by atoms with E-state index >= 15 is 0 Å². The van der Waals surface area contributed by atoms with Crippen LogP contribution in [0.4, 0.5) is 10.7 Å². The molecule has 0 aliphatic carbocycles. The fourth-order valence-corrected chi connectivity index (χ4v) is 3.46. The molecule has 0 spiro atoms. The van der Waals surface area contributed by atoms with Gasteiger partial charge in [0.05, 0.1) is 17.0 Å². The number of hydrogen-bond donors (Lipinski definition) is 2. The molecule has 0 saturated heterocycles. The zero-order valence-corrected chi connectivity index (χ0v) is 17.1. The summed E-state index contributed by atoms with van der Waals surface area (Å²) in [6.45, 7) is 7.03. The lowest BCUT2D eigenvalue weighted by Gasteiger charge is -2.08. The number of rotatable bonds is 6. The molecule has 0 bridgehead atoms. The Morgan fingerprint density at radius 2 is 1.78 bits per heavy atom. The SMILES string of the molecule is CCOC(=O)c1c(NC(=O)C(C)C)sc(C(=O)Nc2ccc(Cl)cc2)c1C. The molecule has 0 radical (unpaired) electrons. The maximum atomic E-state index is 12.7. The van der Waals surface area contributed by atoms with Crippen LogP contribution in [0.2, 0.25) is 5.02 Å². The highest BCUT2D eigenvalue weighted by atomic mass is 35.5. The first kappa shape index (κ1) is 20.9. The smallest absolute Gasteiger partial charge is 0.341 e. The van der Waals surface area contributed by atoms with Crippen LogP contribution in [-0.4, -0.2) is 24.4 Å². The number of carbonyl (C=O) groups excluding carboxylic acids is 3. The Morgan fingerprint density at radius 1 is 1.15 bits per heavy atom. The molecule has 1 aromatic carbocycles. The molecule has 0 fully saturated rings. The summed E-state index contributed by atoms with van der Waals surface area (Å²) >= 11 is 6.90. The summed E-state index contributed by atoms with van der Waals surface area (Å²) in [5.74, 6) is -1.47. The summed E-state index contributed by atoms with van der Waals surface area (Å²) in [5, 5.41) is 6.35. The first-order valence-electron chi connectivity index (χ1n) is 8.42. The second-order valence-electron chi connectivity index (χ2n) is 6.09. The molecule has 1 aromatic heterocycles. The predicted molar refractivity (Wildman–Crippen MR) is 108 cm³/mol. The lowest BCUT2D eigenvalue weighted by Crippen LogP contribution is -2.19. The van der Waals surface area contributed by atoms with Crippen molar-refractivity contribution in [2.24, 2.45) is 5.92 Å². The molecule has 0 aliphatic heterocycles. The summed E-state index contributed by atoms with van der Waals surface area (Å²) < 4.78 is 5.09. The summed E-state index contributed by atoms with van der Waals surface area (Å²) in [6.07, 6.45) is 0. The minimum absolute atomic E-state index is 0.192. The highest BCUT2D eigenvalue weighted by Crippen LogP contribution is 2.34. The van der Waals surface area contributed by atoms with Crippen LogP contribution in [0.1, 0.15) is 46.4 Å². The molecule has 8 heteroatoms. The second kappa shape index (κ2) is 9.01. The van der Waals surface area contributed by atoms with Crippen LogP contribution >= 0.6 is 22.9 Å². The van der Waals surface area contributed by atoms with E-state index in [-0.39, 0.29) is 29.9 Å². The first-order valence-corrected chi connectivity index (χ1v) is 9.62. The van der Waals surface area contributed by atoms with E-state index in [4.69, 9.17) is 16.3 Å². The number of esters is 1. The van der Waals surface area contributed by atoms with Gasteiger partial charge in [-0.3, -0.25) is 9.59 Å². The van der Waals surface area contributed by atoms with Gasteiger partial charge in [-0.15, -0.1) is 11.3 Å². The molecule has 2 rings (SSSR count). The fourth-order valence-electron chi connectivity index (χ4n) is 2.24. The Labute approximate surface area is 166 Å². The van der Waals surface area contributed by atoms with Crippen molar-refractivity contribution in [2.45, 2.75) is 27.7 Å². The summed E-state index contributed by atoms with van der Waals surface area (Å²) in [7, 11) is 0. The van der Waals surface area contributed by atoms with Crippen molar-refractivity contribution in [3.05, 3.63) is 45.3 Å². The molecule has 0 saturated carbocycles. The van der Waals surface area contributed by atoms with Gasteiger partial charge in [0, 0.05) is 16.6 Å². The third-order valence-corrected chi connectivity index (χ3v) is 5.15. The topological polar surface area (TPSA) is 84.5 Å². The summed E-state index contributed by atoms with van der Waals surface area (Å²) in [4.78, 5) is 37.5. The molecule has 27 heavy (non-hydrogen) atoms. The number of nitrogens with one attached hydrogen (secondary N) is 2. The average Bonchev–Trinajstić information content (AvgIpc) is 2.93. The molecule has 0 aliphatic rings. The molecular weight excluding hydrogens is 388 g/mol. The molecule has 0 atom stereocenters. The van der Waals surface area contributed by atoms with Crippen LogP contribution in [0, 0.1) is 12.8 Å². The van der Waals surface area contributed by atoms with Gasteiger partial charge in [-0.1, -0.05) is 25.4 Å². The zero-order chi connectivity index (χ0) is 20.1. The van der Waals surface area contributed by atoms with Crippen LogP contribution in [0.3, 0.4) is 0 Å². The van der Waals surface area contributed by atoms with Gasteiger partial charge < -0.3 is 15.4 Å². The van der Waals surface area contributed by atoms with Crippen molar-refractivity contribution in [3.63, 3.8) is 0 Å². The van der Waals surface area contributed by atoms with Gasteiger partial charge in [-0.2, -0.15) is 0 Å². The molecule has 2 aromatic rings. The van der Waals surface area contributed by atoms with E-state index in [1.54, 1.807) is 52.0 Å². The number of hydrogen-bond acceptors (Lipinski definition) is 5. The van der Waals surface area contributed by atoms with Gasteiger partial charge in [-0.25, -0.2) is 4.79 Å². The minimum atomic E-state index is -0.573. The Morgan fingerprint density at radius 3 is 2.33 bits per heavy atom. The van der Waals surface area contributed by atoms with Gasteiger partial charge in [0.1, 0.15) is 5.00 Å². The van der Waals surface area contributed by atoms with E-state index in [1.807, 2.05) is 0 Å². The number of amides is 2. The zero-order valence-electron chi connectivity index (χ0n) is 15.5. The quantitative estimate of drug-likeness (QED) is 0.676. The normalized spacial score (nSPS) is 10.6. The Hall–Kier alpha value is -2.38. The molecule has 6 nitrogen and oxygen atoms in total. The summed E-state index contributed by atoms with van der Waals surface area (Å²) in [5.41, 5.74) is 1.24. The van der Waals surface area contributed by atoms with Gasteiger partial charge in [0.25, 0.3) is 5.91 Å². The van der Waals surface area contributed by atoms with Crippen LogP contribution in [-0.2, 0) is 9.53 Å². The lowest BCUT2D eigenvalue weighted by molar-refractivity contribution is -0.118. The monoisotopic (exact) mass is 408 g/mol. The Kier molecular flexibility index (Phi) is 6.98. The number of anilines is 2. The molecule has 144 valence electrons. The van der Waals surface area contributed by atoms with Gasteiger partial charge in [0.2, 0.25) is 5.91 Å². The number of ether oxygens (including phenoxy) is 1. The third-order valence-electron chi connectivity index (χ3n) is 3.70. The van der Waals surface area contributed by atoms with Gasteiger partial charge in [0.15, 0.2) is 0 Å². The largest absolute Gasteiger partial charge is 0.462 e. The van der Waals surface area contributed by atoms with Crippen LogP contribution in [0.15, 0.2) is 24.3 Å². The van der Waals surface area contributed by atoms with Crippen molar-refractivity contribution in [2.75, 3.05) is 17.2 Å². The van der Waals surface area contributed by atoms with Crippen molar-refractivity contribution < 1.29 is 19.1 Å². The lowest BCUT2D eigenvalue weighted by atomic mass is 10.1. The van der Waals surface area contributed by atoms with Gasteiger partial charge in [-0.05, 0) is 43.7 Å². The van der Waals surface area contributed by atoms with E-state index in [0.29, 0.717) is 26.2 Å². The standard InChI is InChI=1S/C19H21ClN2O4S/c1-5-26-19(25)14-11(4)15(27-18(14)22-16(23)10(2)3)17(24)21-13-8-6-12(20)7-9-13/h6-10H,5H2,1-4H3,(H,21,24)(H,22,23). The average molecular weight is 409 g/mol. The summed E-state index contributed by atoms with van der Waals surface area (Å²) in [6, 6.07) is 6.68.